The molecule has 2 aromatic rings. The summed E-state index contributed by atoms with van der Waals surface area (Å²) in [5, 5.41) is 15.9. The number of nitrogens with zero attached hydrogens (tertiary/aromatic N) is 3. The van der Waals surface area contributed by atoms with Crippen LogP contribution < -0.4 is 5.32 Å². The number of halogens is 1. The first kappa shape index (κ1) is 17.9. The van der Waals surface area contributed by atoms with E-state index in [2.05, 4.69) is 10.4 Å². The summed E-state index contributed by atoms with van der Waals surface area (Å²) in [5.74, 6) is -1.72. The SMILES string of the molecule is Cc1cc(C)n(-c2ccc(NC(=O)N3CCC(C(=O)O)CC3)cc2F)n1. The molecule has 1 saturated heterocycles. The van der Waals surface area contributed by atoms with Crippen molar-refractivity contribution in [1.29, 1.82) is 0 Å². The number of hydrogen-bond donors (Lipinski definition) is 2. The first-order valence-corrected chi connectivity index (χ1v) is 8.47. The van der Waals surface area contributed by atoms with Crippen molar-refractivity contribution in [2.75, 3.05) is 18.4 Å². The maximum atomic E-state index is 14.5. The summed E-state index contributed by atoms with van der Waals surface area (Å²) < 4.78 is 16.0. The van der Waals surface area contributed by atoms with Crippen molar-refractivity contribution in [2.45, 2.75) is 26.7 Å². The number of carboxylic acids is 1. The van der Waals surface area contributed by atoms with Crippen LogP contribution in [0.2, 0.25) is 0 Å². The fourth-order valence-corrected chi connectivity index (χ4v) is 3.16. The van der Waals surface area contributed by atoms with Crippen molar-refractivity contribution >= 4 is 17.7 Å². The van der Waals surface area contributed by atoms with Crippen LogP contribution in [0.5, 0.6) is 0 Å². The van der Waals surface area contributed by atoms with E-state index in [0.29, 0.717) is 37.3 Å². The average Bonchev–Trinajstić information content (AvgIpc) is 2.93. The summed E-state index contributed by atoms with van der Waals surface area (Å²) >= 11 is 0. The quantitative estimate of drug-likeness (QED) is 0.881. The minimum atomic E-state index is -0.827. The minimum absolute atomic E-state index is 0.316. The van der Waals surface area contributed by atoms with Crippen molar-refractivity contribution in [2.24, 2.45) is 5.92 Å². The van der Waals surface area contributed by atoms with E-state index in [1.54, 1.807) is 17.0 Å². The van der Waals surface area contributed by atoms with Gasteiger partial charge in [0.15, 0.2) is 5.82 Å². The third-order valence-electron chi connectivity index (χ3n) is 4.57. The van der Waals surface area contributed by atoms with E-state index in [0.717, 1.165) is 11.4 Å². The number of rotatable bonds is 3. The zero-order valence-electron chi connectivity index (χ0n) is 14.7. The summed E-state index contributed by atoms with van der Waals surface area (Å²) in [5.41, 5.74) is 2.28. The van der Waals surface area contributed by atoms with E-state index >= 15 is 0 Å². The molecule has 1 aliphatic heterocycles. The third kappa shape index (κ3) is 3.68. The van der Waals surface area contributed by atoms with E-state index < -0.39 is 17.7 Å². The van der Waals surface area contributed by atoms with Gasteiger partial charge in [-0.3, -0.25) is 4.79 Å². The van der Waals surface area contributed by atoms with Crippen LogP contribution in [-0.2, 0) is 4.79 Å². The maximum absolute atomic E-state index is 14.5. The van der Waals surface area contributed by atoms with Crippen LogP contribution in [0, 0.1) is 25.6 Å². The number of amides is 2. The van der Waals surface area contributed by atoms with Crippen LogP contribution in [0.4, 0.5) is 14.9 Å². The van der Waals surface area contributed by atoms with Gasteiger partial charge in [-0.25, -0.2) is 13.9 Å². The fraction of sp³-hybridized carbons (Fsp3) is 0.389. The largest absolute Gasteiger partial charge is 0.481 e. The van der Waals surface area contributed by atoms with E-state index in [1.165, 1.54) is 10.7 Å². The van der Waals surface area contributed by atoms with Crippen molar-refractivity contribution in [3.63, 3.8) is 0 Å². The number of likely N-dealkylation sites (tertiary alicyclic amines) is 1. The molecular formula is C18H21FN4O3. The lowest BCUT2D eigenvalue weighted by atomic mass is 9.97. The lowest BCUT2D eigenvalue weighted by molar-refractivity contribution is -0.143. The Labute approximate surface area is 150 Å². The Morgan fingerprint density at radius 1 is 1.23 bits per heavy atom. The second-order valence-electron chi connectivity index (χ2n) is 6.53. The normalized spacial score (nSPS) is 15.1. The number of carbonyl (C=O) groups is 2. The number of hydrogen-bond acceptors (Lipinski definition) is 3. The lowest BCUT2D eigenvalue weighted by Gasteiger charge is -2.30. The second-order valence-corrected chi connectivity index (χ2v) is 6.53. The molecule has 1 aromatic carbocycles. The van der Waals surface area contributed by atoms with Crippen LogP contribution in [0.15, 0.2) is 24.3 Å². The maximum Gasteiger partial charge on any atom is 0.321 e. The van der Waals surface area contributed by atoms with Crippen LogP contribution in [0.25, 0.3) is 5.69 Å². The Balaban J connectivity index is 1.67. The molecular weight excluding hydrogens is 339 g/mol. The minimum Gasteiger partial charge on any atom is -0.481 e. The molecule has 0 saturated carbocycles. The van der Waals surface area contributed by atoms with Gasteiger partial charge in [0, 0.05) is 24.5 Å². The van der Waals surface area contributed by atoms with Crippen molar-refractivity contribution in [3.8, 4) is 5.69 Å². The highest BCUT2D eigenvalue weighted by Gasteiger charge is 2.27. The zero-order chi connectivity index (χ0) is 18.8. The molecule has 1 fully saturated rings. The highest BCUT2D eigenvalue weighted by atomic mass is 19.1. The highest BCUT2D eigenvalue weighted by Crippen LogP contribution is 2.22. The summed E-state index contributed by atoms with van der Waals surface area (Å²) in [7, 11) is 0. The fourth-order valence-electron chi connectivity index (χ4n) is 3.16. The summed E-state index contributed by atoms with van der Waals surface area (Å²) in [6.07, 6.45) is 0.849. The molecule has 8 heteroatoms. The molecule has 0 unspecified atom stereocenters. The Hall–Kier alpha value is -2.90. The van der Waals surface area contributed by atoms with Gasteiger partial charge in [0.25, 0.3) is 0 Å². The molecule has 0 aliphatic carbocycles. The van der Waals surface area contributed by atoms with Gasteiger partial charge in [-0.1, -0.05) is 0 Å². The molecule has 0 atom stereocenters. The molecule has 3 rings (SSSR count). The Kier molecular flexibility index (Phi) is 4.92. The van der Waals surface area contributed by atoms with Crippen LogP contribution in [0.3, 0.4) is 0 Å². The number of aryl methyl sites for hydroxylation is 2. The van der Waals surface area contributed by atoms with Crippen molar-refractivity contribution in [3.05, 3.63) is 41.5 Å². The number of aromatic nitrogens is 2. The van der Waals surface area contributed by atoms with Gasteiger partial charge in [-0.2, -0.15) is 5.10 Å². The topological polar surface area (TPSA) is 87.5 Å². The first-order valence-electron chi connectivity index (χ1n) is 8.47. The predicted molar refractivity (Wildman–Crippen MR) is 93.9 cm³/mol. The lowest BCUT2D eigenvalue weighted by Crippen LogP contribution is -2.42. The van der Waals surface area contributed by atoms with Gasteiger partial charge < -0.3 is 15.3 Å². The molecule has 2 N–H and O–H groups in total. The summed E-state index contributed by atoms with van der Waals surface area (Å²) in [6.45, 7) is 4.42. The molecule has 138 valence electrons. The Bertz CT molecular complexity index is 841. The van der Waals surface area contributed by atoms with Crippen LogP contribution >= 0.6 is 0 Å². The second kappa shape index (κ2) is 7.15. The van der Waals surface area contributed by atoms with Gasteiger partial charge in [0.2, 0.25) is 0 Å². The number of aliphatic carboxylic acids is 1. The number of carbonyl (C=O) groups excluding carboxylic acids is 1. The first-order chi connectivity index (χ1) is 12.3. The summed E-state index contributed by atoms with van der Waals surface area (Å²) in [4.78, 5) is 24.8. The number of carboxylic acid groups (broad SMARTS) is 1. The number of urea groups is 1. The molecule has 2 heterocycles. The van der Waals surface area contributed by atoms with E-state index in [4.69, 9.17) is 5.11 Å². The van der Waals surface area contributed by atoms with E-state index in [1.807, 2.05) is 19.9 Å². The molecule has 26 heavy (non-hydrogen) atoms. The van der Waals surface area contributed by atoms with Gasteiger partial charge in [-0.15, -0.1) is 0 Å². The number of nitrogens with one attached hydrogen (secondary N) is 1. The Morgan fingerprint density at radius 2 is 1.92 bits per heavy atom. The number of benzene rings is 1. The van der Waals surface area contributed by atoms with Gasteiger partial charge in [0.05, 0.1) is 11.6 Å². The van der Waals surface area contributed by atoms with Crippen molar-refractivity contribution < 1.29 is 19.1 Å². The number of piperidine rings is 1. The van der Waals surface area contributed by atoms with E-state index in [-0.39, 0.29) is 6.03 Å². The molecule has 7 nitrogen and oxygen atoms in total. The predicted octanol–water partition coefficient (Wildman–Crippen LogP) is 2.96. The Morgan fingerprint density at radius 3 is 2.46 bits per heavy atom. The van der Waals surface area contributed by atoms with Gasteiger partial charge in [-0.05, 0) is 51.0 Å². The van der Waals surface area contributed by atoms with Crippen molar-refractivity contribution in [1.82, 2.24) is 14.7 Å². The number of anilines is 1. The molecule has 0 bridgehead atoms. The van der Waals surface area contributed by atoms with Gasteiger partial charge in [0.1, 0.15) is 5.69 Å². The molecule has 1 aliphatic rings. The average molecular weight is 360 g/mol. The monoisotopic (exact) mass is 360 g/mol. The smallest absolute Gasteiger partial charge is 0.321 e. The summed E-state index contributed by atoms with van der Waals surface area (Å²) in [6, 6.07) is 5.95. The molecule has 0 spiro atoms. The zero-order valence-corrected chi connectivity index (χ0v) is 14.7. The standard InChI is InChI=1S/C18H21FN4O3/c1-11-9-12(2)23(21-11)16-4-3-14(10-15(16)19)20-18(26)22-7-5-13(6-8-22)17(24)25/h3-4,9-10,13H,5-8H2,1-2H3,(H,20,26)(H,24,25). The molecule has 0 radical (unpaired) electrons. The highest BCUT2D eigenvalue weighted by molar-refractivity contribution is 5.89. The third-order valence-corrected chi connectivity index (χ3v) is 4.57. The molecule has 1 aromatic heterocycles. The van der Waals surface area contributed by atoms with Crippen LogP contribution in [-0.4, -0.2) is 44.9 Å². The van der Waals surface area contributed by atoms with Gasteiger partial charge >= 0.3 is 12.0 Å². The van der Waals surface area contributed by atoms with E-state index in [9.17, 15) is 14.0 Å². The van der Waals surface area contributed by atoms with Crippen LogP contribution in [0.1, 0.15) is 24.2 Å². The molecule has 2 amide bonds.